The molecule has 0 saturated heterocycles. The lowest BCUT2D eigenvalue weighted by molar-refractivity contribution is 0.618. The second-order valence-corrected chi connectivity index (χ2v) is 5.54. The molecule has 2 rings (SSSR count). The Hall–Kier alpha value is -1.35. The van der Waals surface area contributed by atoms with Crippen molar-refractivity contribution in [1.29, 1.82) is 0 Å². The van der Waals surface area contributed by atoms with Crippen molar-refractivity contribution >= 4 is 21.6 Å². The molecule has 2 aromatic carbocycles. The van der Waals surface area contributed by atoms with Gasteiger partial charge in [0.05, 0.1) is 6.04 Å². The van der Waals surface area contributed by atoms with Crippen LogP contribution in [-0.2, 0) is 0 Å². The third kappa shape index (κ3) is 3.57. The highest BCUT2D eigenvalue weighted by Crippen LogP contribution is 2.25. The third-order valence-electron chi connectivity index (χ3n) is 3.16. The lowest BCUT2D eigenvalue weighted by Gasteiger charge is -2.19. The molecular formula is C16H17BrFN. The molecule has 3 heteroatoms. The normalized spacial score (nSPS) is 12.2. The van der Waals surface area contributed by atoms with Crippen molar-refractivity contribution in [3.63, 3.8) is 0 Å². The minimum atomic E-state index is -0.166. The van der Waals surface area contributed by atoms with Crippen LogP contribution in [0.15, 0.2) is 46.9 Å². The SMILES string of the molecule is CCC(Nc1ccc(F)c(C)c1)c1cccc(Br)c1. The molecule has 1 N–H and O–H groups in total. The van der Waals surface area contributed by atoms with Crippen LogP contribution in [0.2, 0.25) is 0 Å². The lowest BCUT2D eigenvalue weighted by Crippen LogP contribution is -2.09. The highest BCUT2D eigenvalue weighted by atomic mass is 79.9. The molecule has 0 spiro atoms. The largest absolute Gasteiger partial charge is 0.378 e. The maximum Gasteiger partial charge on any atom is 0.126 e. The van der Waals surface area contributed by atoms with Gasteiger partial charge in [-0.1, -0.05) is 35.0 Å². The summed E-state index contributed by atoms with van der Waals surface area (Å²) in [5.74, 6) is -0.166. The van der Waals surface area contributed by atoms with Crippen molar-refractivity contribution in [2.75, 3.05) is 5.32 Å². The maximum absolute atomic E-state index is 13.3. The molecule has 0 aliphatic rings. The van der Waals surface area contributed by atoms with Crippen LogP contribution in [0.4, 0.5) is 10.1 Å². The van der Waals surface area contributed by atoms with Crippen LogP contribution < -0.4 is 5.32 Å². The Morgan fingerprint density at radius 1 is 1.21 bits per heavy atom. The number of rotatable bonds is 4. The zero-order valence-corrected chi connectivity index (χ0v) is 12.7. The Kier molecular flexibility index (Phi) is 4.59. The Morgan fingerprint density at radius 3 is 2.63 bits per heavy atom. The van der Waals surface area contributed by atoms with Gasteiger partial charge in [-0.3, -0.25) is 0 Å². The van der Waals surface area contributed by atoms with E-state index in [2.05, 4.69) is 40.3 Å². The first-order valence-corrected chi connectivity index (χ1v) is 7.17. The monoisotopic (exact) mass is 321 g/mol. The molecular weight excluding hydrogens is 305 g/mol. The molecule has 0 radical (unpaired) electrons. The summed E-state index contributed by atoms with van der Waals surface area (Å²) in [6.07, 6.45) is 0.965. The van der Waals surface area contributed by atoms with E-state index in [0.717, 1.165) is 16.6 Å². The van der Waals surface area contributed by atoms with Gasteiger partial charge in [-0.25, -0.2) is 4.39 Å². The van der Waals surface area contributed by atoms with Crippen LogP contribution in [0.1, 0.15) is 30.5 Å². The lowest BCUT2D eigenvalue weighted by atomic mass is 10.0. The number of anilines is 1. The number of aryl methyl sites for hydroxylation is 1. The number of hydrogen-bond donors (Lipinski definition) is 1. The Labute approximate surface area is 122 Å². The van der Waals surface area contributed by atoms with Gasteiger partial charge in [0.15, 0.2) is 0 Å². The summed E-state index contributed by atoms with van der Waals surface area (Å²) in [5, 5.41) is 3.45. The van der Waals surface area contributed by atoms with E-state index in [4.69, 9.17) is 0 Å². The fourth-order valence-corrected chi connectivity index (χ4v) is 2.50. The van der Waals surface area contributed by atoms with Crippen LogP contribution in [-0.4, -0.2) is 0 Å². The van der Waals surface area contributed by atoms with Crippen molar-refractivity contribution < 1.29 is 4.39 Å². The molecule has 1 atom stereocenters. The molecule has 0 aliphatic heterocycles. The third-order valence-corrected chi connectivity index (χ3v) is 3.65. The van der Waals surface area contributed by atoms with Gasteiger partial charge < -0.3 is 5.32 Å². The number of nitrogens with one attached hydrogen (secondary N) is 1. The van der Waals surface area contributed by atoms with E-state index in [-0.39, 0.29) is 11.9 Å². The molecule has 0 aromatic heterocycles. The summed E-state index contributed by atoms with van der Waals surface area (Å²) in [6, 6.07) is 13.6. The average Bonchev–Trinajstić information content (AvgIpc) is 2.40. The fraction of sp³-hybridized carbons (Fsp3) is 0.250. The molecule has 0 amide bonds. The van der Waals surface area contributed by atoms with Gasteiger partial charge in [-0.2, -0.15) is 0 Å². The maximum atomic E-state index is 13.3. The van der Waals surface area contributed by atoms with Crippen LogP contribution in [0.25, 0.3) is 0 Å². The first-order valence-electron chi connectivity index (χ1n) is 6.38. The molecule has 1 nitrogen and oxygen atoms in total. The summed E-state index contributed by atoms with van der Waals surface area (Å²) in [7, 11) is 0. The molecule has 0 heterocycles. The van der Waals surface area contributed by atoms with Crippen molar-refractivity contribution in [1.82, 2.24) is 0 Å². The first-order chi connectivity index (χ1) is 9.10. The molecule has 1 unspecified atom stereocenters. The molecule has 0 bridgehead atoms. The van der Waals surface area contributed by atoms with Crippen molar-refractivity contribution in [3.05, 3.63) is 63.9 Å². The predicted molar refractivity (Wildman–Crippen MR) is 81.9 cm³/mol. The number of benzene rings is 2. The van der Waals surface area contributed by atoms with E-state index in [1.807, 2.05) is 18.2 Å². The Morgan fingerprint density at radius 2 is 2.00 bits per heavy atom. The smallest absolute Gasteiger partial charge is 0.126 e. The quantitative estimate of drug-likeness (QED) is 0.788. The van der Waals surface area contributed by atoms with Gasteiger partial charge in [-0.15, -0.1) is 0 Å². The van der Waals surface area contributed by atoms with Crippen LogP contribution in [0.5, 0.6) is 0 Å². The minimum Gasteiger partial charge on any atom is -0.378 e. The summed E-state index contributed by atoms with van der Waals surface area (Å²) < 4.78 is 14.3. The molecule has 19 heavy (non-hydrogen) atoms. The Bertz CT molecular complexity index is 568. The van der Waals surface area contributed by atoms with Crippen LogP contribution in [0, 0.1) is 12.7 Å². The van der Waals surface area contributed by atoms with Crippen molar-refractivity contribution in [3.8, 4) is 0 Å². The summed E-state index contributed by atoms with van der Waals surface area (Å²) >= 11 is 3.49. The topological polar surface area (TPSA) is 12.0 Å². The van der Waals surface area contributed by atoms with E-state index in [9.17, 15) is 4.39 Å². The summed E-state index contributed by atoms with van der Waals surface area (Å²) in [4.78, 5) is 0. The zero-order chi connectivity index (χ0) is 13.8. The van der Waals surface area contributed by atoms with Gasteiger partial charge in [0, 0.05) is 10.2 Å². The highest BCUT2D eigenvalue weighted by Gasteiger charge is 2.10. The van der Waals surface area contributed by atoms with E-state index >= 15 is 0 Å². The highest BCUT2D eigenvalue weighted by molar-refractivity contribution is 9.10. The van der Waals surface area contributed by atoms with Gasteiger partial charge in [0.25, 0.3) is 0 Å². The van der Waals surface area contributed by atoms with E-state index in [0.29, 0.717) is 5.56 Å². The minimum absolute atomic E-state index is 0.166. The first kappa shape index (κ1) is 14.1. The predicted octanol–water partition coefficient (Wildman–Crippen LogP) is 5.46. The van der Waals surface area contributed by atoms with Crippen molar-refractivity contribution in [2.45, 2.75) is 26.3 Å². The van der Waals surface area contributed by atoms with E-state index < -0.39 is 0 Å². The second-order valence-electron chi connectivity index (χ2n) is 4.62. The van der Waals surface area contributed by atoms with Crippen LogP contribution >= 0.6 is 15.9 Å². The average molecular weight is 322 g/mol. The van der Waals surface area contributed by atoms with Gasteiger partial charge in [0.2, 0.25) is 0 Å². The summed E-state index contributed by atoms with van der Waals surface area (Å²) in [6.45, 7) is 3.91. The van der Waals surface area contributed by atoms with E-state index in [1.54, 1.807) is 13.0 Å². The second kappa shape index (κ2) is 6.20. The number of halogens is 2. The fourth-order valence-electron chi connectivity index (χ4n) is 2.08. The molecule has 0 saturated carbocycles. The van der Waals surface area contributed by atoms with E-state index in [1.165, 1.54) is 11.6 Å². The van der Waals surface area contributed by atoms with Gasteiger partial charge in [-0.05, 0) is 54.8 Å². The molecule has 100 valence electrons. The van der Waals surface area contributed by atoms with Crippen LogP contribution in [0.3, 0.4) is 0 Å². The zero-order valence-electron chi connectivity index (χ0n) is 11.1. The molecule has 0 fully saturated rings. The molecule has 0 aliphatic carbocycles. The molecule has 2 aromatic rings. The van der Waals surface area contributed by atoms with Gasteiger partial charge >= 0.3 is 0 Å². The van der Waals surface area contributed by atoms with Gasteiger partial charge in [0.1, 0.15) is 5.82 Å². The van der Waals surface area contributed by atoms with Crippen molar-refractivity contribution in [2.24, 2.45) is 0 Å². The summed E-state index contributed by atoms with van der Waals surface area (Å²) in [5.41, 5.74) is 2.83. The number of hydrogen-bond acceptors (Lipinski definition) is 1. The Balaban J connectivity index is 2.21. The standard InChI is InChI=1S/C16H17BrFN/c1-3-16(12-5-4-6-13(17)10-12)19-14-7-8-15(18)11(2)9-14/h4-10,16,19H,3H2,1-2H3.